The number of aryl methyl sites for hydroxylation is 2. The molecule has 1 heterocycles. The van der Waals surface area contributed by atoms with Crippen molar-refractivity contribution in [3.63, 3.8) is 0 Å². The maximum absolute atomic E-state index is 6.11. The van der Waals surface area contributed by atoms with Crippen LogP contribution >= 0.6 is 11.6 Å². The zero-order valence-electron chi connectivity index (χ0n) is 9.58. The lowest BCUT2D eigenvalue weighted by atomic mass is 10.2. The first kappa shape index (κ1) is 11.0. The monoisotopic (exact) mass is 235 g/mol. The van der Waals surface area contributed by atoms with Crippen LogP contribution < -0.4 is 5.73 Å². The molecule has 0 aliphatic carbocycles. The first-order valence-corrected chi connectivity index (χ1v) is 5.46. The van der Waals surface area contributed by atoms with Gasteiger partial charge in [-0.25, -0.2) is 4.68 Å². The van der Waals surface area contributed by atoms with Gasteiger partial charge in [-0.2, -0.15) is 5.10 Å². The fourth-order valence-electron chi connectivity index (χ4n) is 1.73. The first-order valence-electron chi connectivity index (χ1n) is 5.09. The van der Waals surface area contributed by atoms with Gasteiger partial charge in [-0.05, 0) is 38.5 Å². The highest BCUT2D eigenvalue weighted by atomic mass is 35.5. The summed E-state index contributed by atoms with van der Waals surface area (Å²) in [6.45, 7) is 5.83. The summed E-state index contributed by atoms with van der Waals surface area (Å²) in [7, 11) is 0. The predicted octanol–water partition coefficient (Wildman–Crippen LogP) is 3.03. The van der Waals surface area contributed by atoms with Crippen molar-refractivity contribution in [1.29, 1.82) is 0 Å². The highest BCUT2D eigenvalue weighted by Gasteiger charge is 2.12. The van der Waals surface area contributed by atoms with E-state index in [1.54, 1.807) is 4.68 Å². The van der Waals surface area contributed by atoms with Crippen LogP contribution in [0.25, 0.3) is 5.69 Å². The quantitative estimate of drug-likeness (QED) is 0.773. The van der Waals surface area contributed by atoms with Crippen LogP contribution in [0.15, 0.2) is 18.2 Å². The Labute approximate surface area is 99.8 Å². The first-order chi connectivity index (χ1) is 7.50. The van der Waals surface area contributed by atoms with Gasteiger partial charge in [-0.15, -0.1) is 0 Å². The van der Waals surface area contributed by atoms with Crippen molar-refractivity contribution < 1.29 is 0 Å². The minimum atomic E-state index is 0.694. The number of halogens is 1. The minimum Gasteiger partial charge on any atom is -0.397 e. The second-order valence-corrected chi connectivity index (χ2v) is 4.34. The molecule has 0 aliphatic heterocycles. The molecule has 16 heavy (non-hydrogen) atoms. The second kappa shape index (κ2) is 3.83. The van der Waals surface area contributed by atoms with Gasteiger partial charge in [-0.1, -0.05) is 17.7 Å². The van der Waals surface area contributed by atoms with E-state index in [0.717, 1.165) is 22.6 Å². The van der Waals surface area contributed by atoms with Crippen molar-refractivity contribution in [3.8, 4) is 5.69 Å². The van der Waals surface area contributed by atoms with Crippen molar-refractivity contribution in [1.82, 2.24) is 9.78 Å². The Morgan fingerprint density at radius 3 is 2.44 bits per heavy atom. The molecular formula is C12H14ClN3. The molecule has 1 aromatic heterocycles. The van der Waals surface area contributed by atoms with Gasteiger partial charge in [0.25, 0.3) is 0 Å². The van der Waals surface area contributed by atoms with Crippen LogP contribution in [0.2, 0.25) is 5.02 Å². The Morgan fingerprint density at radius 1 is 1.25 bits per heavy atom. The summed E-state index contributed by atoms with van der Waals surface area (Å²) in [4.78, 5) is 0. The van der Waals surface area contributed by atoms with Crippen LogP contribution in [0.1, 0.15) is 17.0 Å². The van der Waals surface area contributed by atoms with E-state index in [-0.39, 0.29) is 0 Å². The van der Waals surface area contributed by atoms with E-state index in [0.29, 0.717) is 10.7 Å². The lowest BCUT2D eigenvalue weighted by Gasteiger charge is -2.08. The Morgan fingerprint density at radius 2 is 1.94 bits per heavy atom. The molecule has 0 bridgehead atoms. The highest BCUT2D eigenvalue weighted by Crippen LogP contribution is 2.25. The molecule has 0 amide bonds. The van der Waals surface area contributed by atoms with Crippen LogP contribution in [-0.4, -0.2) is 9.78 Å². The number of nitrogens with zero attached hydrogens (tertiary/aromatic N) is 2. The van der Waals surface area contributed by atoms with Crippen LogP contribution in [-0.2, 0) is 0 Å². The molecular weight excluding hydrogens is 222 g/mol. The van der Waals surface area contributed by atoms with Crippen molar-refractivity contribution in [3.05, 3.63) is 40.2 Å². The van der Waals surface area contributed by atoms with Gasteiger partial charge in [0.05, 0.1) is 27.8 Å². The molecule has 0 saturated heterocycles. The number of anilines is 1. The fourth-order valence-corrected chi connectivity index (χ4v) is 1.84. The molecule has 0 aliphatic rings. The topological polar surface area (TPSA) is 43.8 Å². The van der Waals surface area contributed by atoms with Gasteiger partial charge in [0.2, 0.25) is 0 Å². The van der Waals surface area contributed by atoms with Crippen molar-refractivity contribution >= 4 is 17.3 Å². The molecule has 0 spiro atoms. The summed E-state index contributed by atoms with van der Waals surface area (Å²) in [6, 6.07) is 5.90. The van der Waals surface area contributed by atoms with E-state index in [1.165, 1.54) is 0 Å². The summed E-state index contributed by atoms with van der Waals surface area (Å²) in [5.74, 6) is 0. The summed E-state index contributed by atoms with van der Waals surface area (Å²) in [6.07, 6.45) is 0. The summed E-state index contributed by atoms with van der Waals surface area (Å²) in [5, 5.41) is 5.07. The van der Waals surface area contributed by atoms with Gasteiger partial charge in [0.1, 0.15) is 0 Å². The van der Waals surface area contributed by atoms with Crippen LogP contribution in [0, 0.1) is 20.8 Å². The highest BCUT2D eigenvalue weighted by molar-refractivity contribution is 6.31. The van der Waals surface area contributed by atoms with Crippen LogP contribution in [0.4, 0.5) is 5.69 Å². The van der Waals surface area contributed by atoms with Gasteiger partial charge in [0, 0.05) is 0 Å². The molecule has 2 N–H and O–H groups in total. The van der Waals surface area contributed by atoms with Gasteiger partial charge < -0.3 is 5.73 Å². The third kappa shape index (κ3) is 1.67. The lowest BCUT2D eigenvalue weighted by molar-refractivity contribution is 0.835. The maximum Gasteiger partial charge on any atom is 0.0878 e. The number of rotatable bonds is 1. The smallest absolute Gasteiger partial charge is 0.0878 e. The van der Waals surface area contributed by atoms with Crippen molar-refractivity contribution in [2.45, 2.75) is 20.8 Å². The number of nitrogen functional groups attached to an aromatic ring is 1. The number of aromatic nitrogens is 2. The summed E-state index contributed by atoms with van der Waals surface area (Å²) >= 11 is 6.11. The molecule has 2 aromatic rings. The van der Waals surface area contributed by atoms with E-state index in [9.17, 15) is 0 Å². The Balaban J connectivity index is 2.63. The summed E-state index contributed by atoms with van der Waals surface area (Å²) in [5.41, 5.74) is 10.4. The Hall–Kier alpha value is -1.48. The summed E-state index contributed by atoms with van der Waals surface area (Å²) < 4.78 is 1.78. The predicted molar refractivity (Wildman–Crippen MR) is 67.2 cm³/mol. The maximum atomic E-state index is 6.11. The number of nitrogens with two attached hydrogens (primary N) is 1. The zero-order valence-corrected chi connectivity index (χ0v) is 10.3. The SMILES string of the molecule is Cc1ccc(-n2nc(C)c(Cl)c2C)c(N)c1. The standard InChI is InChI=1S/C12H14ClN3/c1-7-4-5-11(10(14)6-7)16-9(3)12(13)8(2)15-16/h4-6H,14H2,1-3H3. The minimum absolute atomic E-state index is 0.694. The Bertz CT molecular complexity index is 543. The van der Waals surface area contributed by atoms with Gasteiger partial charge >= 0.3 is 0 Å². The molecule has 0 saturated carbocycles. The van der Waals surface area contributed by atoms with E-state index >= 15 is 0 Å². The van der Waals surface area contributed by atoms with Crippen molar-refractivity contribution in [2.75, 3.05) is 5.73 Å². The van der Waals surface area contributed by atoms with Crippen molar-refractivity contribution in [2.24, 2.45) is 0 Å². The third-order valence-corrected chi connectivity index (χ3v) is 3.16. The normalized spacial score (nSPS) is 10.8. The molecule has 0 unspecified atom stereocenters. The van der Waals surface area contributed by atoms with E-state index in [1.807, 2.05) is 39.0 Å². The fraction of sp³-hybridized carbons (Fsp3) is 0.250. The van der Waals surface area contributed by atoms with Crippen LogP contribution in [0.5, 0.6) is 0 Å². The van der Waals surface area contributed by atoms with E-state index in [2.05, 4.69) is 5.10 Å². The zero-order chi connectivity index (χ0) is 11.9. The number of hydrogen-bond acceptors (Lipinski definition) is 2. The largest absolute Gasteiger partial charge is 0.397 e. The average Bonchev–Trinajstić information content (AvgIpc) is 2.46. The Kier molecular flexibility index (Phi) is 2.64. The molecule has 4 heteroatoms. The molecule has 2 rings (SSSR count). The van der Waals surface area contributed by atoms with E-state index in [4.69, 9.17) is 17.3 Å². The van der Waals surface area contributed by atoms with Crippen LogP contribution in [0.3, 0.4) is 0 Å². The average molecular weight is 236 g/mol. The van der Waals surface area contributed by atoms with Gasteiger partial charge in [0.15, 0.2) is 0 Å². The second-order valence-electron chi connectivity index (χ2n) is 3.96. The van der Waals surface area contributed by atoms with E-state index < -0.39 is 0 Å². The molecule has 0 atom stereocenters. The number of hydrogen-bond donors (Lipinski definition) is 1. The molecule has 0 fully saturated rings. The molecule has 1 aromatic carbocycles. The molecule has 3 nitrogen and oxygen atoms in total. The number of benzene rings is 1. The molecule has 0 radical (unpaired) electrons. The van der Waals surface area contributed by atoms with Gasteiger partial charge in [-0.3, -0.25) is 0 Å². The lowest BCUT2D eigenvalue weighted by Crippen LogP contribution is -2.03. The molecule has 84 valence electrons. The third-order valence-electron chi connectivity index (χ3n) is 2.61.